The summed E-state index contributed by atoms with van der Waals surface area (Å²) >= 11 is 1.49. The Morgan fingerprint density at radius 1 is 1.03 bits per heavy atom. The Bertz CT molecular complexity index is 1080. The van der Waals surface area contributed by atoms with E-state index >= 15 is 0 Å². The molecular formula is C27H29FN2O3S. The first-order chi connectivity index (χ1) is 16.5. The van der Waals surface area contributed by atoms with E-state index in [1.54, 1.807) is 29.2 Å². The second-order valence-corrected chi connectivity index (χ2v) is 9.77. The molecule has 2 amide bonds. The molecule has 1 fully saturated rings. The SMILES string of the molecule is O=C(NC1CCCCC1)[C@H](c1ccc(O)cc1)N(Cc1ccc(F)cc1)C(=O)Cc1cccs1. The first-order valence-electron chi connectivity index (χ1n) is 11.6. The summed E-state index contributed by atoms with van der Waals surface area (Å²) in [4.78, 5) is 29.7. The predicted octanol–water partition coefficient (Wildman–Crippen LogP) is 5.35. The molecular weight excluding hydrogens is 451 g/mol. The number of carbonyl (C=O) groups excluding carboxylic acids is 2. The maximum Gasteiger partial charge on any atom is 0.247 e. The predicted molar refractivity (Wildman–Crippen MR) is 131 cm³/mol. The van der Waals surface area contributed by atoms with Gasteiger partial charge in [0.1, 0.15) is 17.6 Å². The number of nitrogens with zero attached hydrogens (tertiary/aromatic N) is 1. The van der Waals surface area contributed by atoms with Crippen LogP contribution in [0.4, 0.5) is 4.39 Å². The lowest BCUT2D eigenvalue weighted by atomic mass is 9.94. The van der Waals surface area contributed by atoms with Gasteiger partial charge >= 0.3 is 0 Å². The average molecular weight is 481 g/mol. The van der Waals surface area contributed by atoms with Gasteiger partial charge < -0.3 is 15.3 Å². The summed E-state index contributed by atoms with van der Waals surface area (Å²) < 4.78 is 13.5. The molecule has 0 spiro atoms. The third-order valence-corrected chi connectivity index (χ3v) is 7.09. The van der Waals surface area contributed by atoms with Crippen LogP contribution in [0.15, 0.2) is 66.0 Å². The lowest BCUT2D eigenvalue weighted by molar-refractivity contribution is -0.141. The zero-order valence-corrected chi connectivity index (χ0v) is 19.8. The maximum atomic E-state index is 13.7. The molecule has 178 valence electrons. The molecule has 34 heavy (non-hydrogen) atoms. The van der Waals surface area contributed by atoms with Crippen LogP contribution in [0.5, 0.6) is 5.75 Å². The smallest absolute Gasteiger partial charge is 0.247 e. The van der Waals surface area contributed by atoms with E-state index in [4.69, 9.17) is 0 Å². The number of nitrogens with one attached hydrogen (secondary N) is 1. The first kappa shape index (κ1) is 24.0. The van der Waals surface area contributed by atoms with E-state index in [2.05, 4.69) is 5.32 Å². The molecule has 1 saturated carbocycles. The number of hydrogen-bond acceptors (Lipinski definition) is 4. The Morgan fingerprint density at radius 3 is 2.38 bits per heavy atom. The number of amides is 2. The third-order valence-electron chi connectivity index (χ3n) is 6.21. The number of carbonyl (C=O) groups is 2. The van der Waals surface area contributed by atoms with Crippen molar-refractivity contribution in [3.8, 4) is 5.75 Å². The summed E-state index contributed by atoms with van der Waals surface area (Å²) in [7, 11) is 0. The second-order valence-electron chi connectivity index (χ2n) is 8.74. The maximum absolute atomic E-state index is 13.7. The highest BCUT2D eigenvalue weighted by Crippen LogP contribution is 2.28. The average Bonchev–Trinajstić information content (AvgIpc) is 3.35. The fourth-order valence-electron chi connectivity index (χ4n) is 4.43. The van der Waals surface area contributed by atoms with Crippen LogP contribution < -0.4 is 5.32 Å². The molecule has 0 unspecified atom stereocenters. The molecule has 1 aliphatic rings. The van der Waals surface area contributed by atoms with Crippen LogP contribution in [0.2, 0.25) is 0 Å². The van der Waals surface area contributed by atoms with Gasteiger partial charge in [-0.05, 0) is 59.7 Å². The van der Waals surface area contributed by atoms with Crippen LogP contribution in [0.25, 0.3) is 0 Å². The standard InChI is InChI=1S/C27H29FN2O3S/c28-21-12-8-19(9-13-21)18-30(25(32)17-24-7-4-16-34-24)26(20-10-14-23(31)15-11-20)27(33)29-22-5-2-1-3-6-22/h4,7-16,22,26,31H,1-3,5-6,17-18H2,(H,29,33)/t26-/m0/s1. The molecule has 2 aromatic carbocycles. The van der Waals surface area contributed by atoms with Gasteiger partial charge in [-0.1, -0.05) is 49.6 Å². The Labute approximate surface area is 203 Å². The van der Waals surface area contributed by atoms with E-state index in [9.17, 15) is 19.1 Å². The van der Waals surface area contributed by atoms with Gasteiger partial charge in [0.15, 0.2) is 0 Å². The minimum absolute atomic E-state index is 0.0842. The normalized spacial score (nSPS) is 15.0. The zero-order valence-electron chi connectivity index (χ0n) is 19.0. The summed E-state index contributed by atoms with van der Waals surface area (Å²) in [5, 5.41) is 14.9. The van der Waals surface area contributed by atoms with Gasteiger partial charge in [-0.25, -0.2) is 4.39 Å². The molecule has 0 aliphatic heterocycles. The molecule has 0 saturated heterocycles. The number of benzene rings is 2. The molecule has 1 aromatic heterocycles. The highest BCUT2D eigenvalue weighted by molar-refractivity contribution is 7.10. The summed E-state index contributed by atoms with van der Waals surface area (Å²) in [6.07, 6.45) is 5.34. The number of phenolic OH excluding ortho intramolecular Hbond substituents is 1. The molecule has 1 atom stereocenters. The van der Waals surface area contributed by atoms with Gasteiger partial charge in [-0.3, -0.25) is 9.59 Å². The molecule has 1 aliphatic carbocycles. The lowest BCUT2D eigenvalue weighted by Gasteiger charge is -2.33. The summed E-state index contributed by atoms with van der Waals surface area (Å²) in [6, 6.07) is 15.4. The van der Waals surface area contributed by atoms with E-state index in [1.807, 2.05) is 17.5 Å². The van der Waals surface area contributed by atoms with Crippen molar-refractivity contribution in [1.29, 1.82) is 0 Å². The number of phenols is 1. The van der Waals surface area contributed by atoms with E-state index in [0.29, 0.717) is 5.56 Å². The molecule has 0 bridgehead atoms. The van der Waals surface area contributed by atoms with Gasteiger partial charge in [0.2, 0.25) is 11.8 Å². The van der Waals surface area contributed by atoms with Crippen LogP contribution in [-0.2, 0) is 22.6 Å². The monoisotopic (exact) mass is 480 g/mol. The van der Waals surface area contributed by atoms with Gasteiger partial charge in [-0.15, -0.1) is 11.3 Å². The van der Waals surface area contributed by atoms with Gasteiger partial charge in [0.05, 0.1) is 6.42 Å². The quantitative estimate of drug-likeness (QED) is 0.456. The number of thiophene rings is 1. The van der Waals surface area contributed by atoms with E-state index in [-0.39, 0.29) is 42.4 Å². The summed E-state index contributed by atoms with van der Waals surface area (Å²) in [5.74, 6) is -0.696. The van der Waals surface area contributed by atoms with Crippen molar-refractivity contribution in [3.05, 3.63) is 87.9 Å². The van der Waals surface area contributed by atoms with Crippen LogP contribution in [0.1, 0.15) is 54.1 Å². The Kier molecular flexibility index (Phi) is 7.95. The van der Waals surface area contributed by atoms with Crippen molar-refractivity contribution in [2.75, 3.05) is 0 Å². The van der Waals surface area contributed by atoms with Crippen molar-refractivity contribution in [1.82, 2.24) is 10.2 Å². The van der Waals surface area contributed by atoms with Gasteiger partial charge in [0.25, 0.3) is 0 Å². The van der Waals surface area contributed by atoms with Crippen LogP contribution in [-0.4, -0.2) is 27.9 Å². The number of hydrogen-bond donors (Lipinski definition) is 2. The largest absolute Gasteiger partial charge is 0.508 e. The molecule has 7 heteroatoms. The highest BCUT2D eigenvalue weighted by Gasteiger charge is 2.33. The first-order valence-corrected chi connectivity index (χ1v) is 12.5. The second kappa shape index (κ2) is 11.3. The van der Waals surface area contributed by atoms with Crippen LogP contribution in [0, 0.1) is 5.82 Å². The van der Waals surface area contributed by atoms with Gasteiger partial charge in [-0.2, -0.15) is 0 Å². The zero-order chi connectivity index (χ0) is 23.9. The molecule has 3 aromatic rings. The minimum atomic E-state index is -0.875. The van der Waals surface area contributed by atoms with E-state index in [0.717, 1.165) is 36.1 Å². The Morgan fingerprint density at radius 2 is 1.74 bits per heavy atom. The summed E-state index contributed by atoms with van der Waals surface area (Å²) in [5.41, 5.74) is 1.35. The Hall–Kier alpha value is -3.19. The van der Waals surface area contributed by atoms with Crippen LogP contribution in [0.3, 0.4) is 0 Å². The fourth-order valence-corrected chi connectivity index (χ4v) is 5.13. The van der Waals surface area contributed by atoms with Crippen molar-refractivity contribution >= 4 is 23.2 Å². The number of aromatic hydroxyl groups is 1. The van der Waals surface area contributed by atoms with Crippen LogP contribution >= 0.6 is 11.3 Å². The van der Waals surface area contributed by atoms with E-state index < -0.39 is 6.04 Å². The number of rotatable bonds is 8. The lowest BCUT2D eigenvalue weighted by Crippen LogP contribution is -2.47. The van der Waals surface area contributed by atoms with Crippen molar-refractivity contribution in [2.24, 2.45) is 0 Å². The van der Waals surface area contributed by atoms with E-state index in [1.165, 1.54) is 42.0 Å². The molecule has 2 N–H and O–H groups in total. The van der Waals surface area contributed by atoms with Crippen molar-refractivity contribution in [3.63, 3.8) is 0 Å². The van der Waals surface area contributed by atoms with Gasteiger partial charge in [0, 0.05) is 17.5 Å². The minimum Gasteiger partial charge on any atom is -0.508 e. The number of halogens is 1. The molecule has 5 nitrogen and oxygen atoms in total. The Balaban J connectivity index is 1.68. The topological polar surface area (TPSA) is 69.6 Å². The molecule has 4 rings (SSSR count). The molecule has 1 heterocycles. The third kappa shape index (κ3) is 6.23. The van der Waals surface area contributed by atoms with Crippen molar-refractivity contribution < 1.29 is 19.1 Å². The highest BCUT2D eigenvalue weighted by atomic mass is 32.1. The molecule has 0 radical (unpaired) electrons. The fraction of sp³-hybridized carbons (Fsp3) is 0.333. The summed E-state index contributed by atoms with van der Waals surface area (Å²) in [6.45, 7) is 0.161. The van der Waals surface area contributed by atoms with Crippen molar-refractivity contribution in [2.45, 2.75) is 57.2 Å².